The molecular weight excluding hydrogens is 138 g/mol. The van der Waals surface area contributed by atoms with Crippen molar-refractivity contribution in [3.63, 3.8) is 0 Å². The number of carbonyl (C=O) groups excluding carboxylic acids is 1. The summed E-state index contributed by atoms with van der Waals surface area (Å²) in [6, 6.07) is -0.556. The molecule has 9 heavy (non-hydrogen) atoms. The van der Waals surface area contributed by atoms with Gasteiger partial charge in [-0.15, -0.1) is 0 Å². The highest BCUT2D eigenvalue weighted by Gasteiger charge is 2.25. The summed E-state index contributed by atoms with van der Waals surface area (Å²) in [5, 5.41) is -0.470. The van der Waals surface area contributed by atoms with Gasteiger partial charge in [0.15, 0.2) is 0 Å². The van der Waals surface area contributed by atoms with Crippen molar-refractivity contribution < 1.29 is 4.79 Å². The van der Waals surface area contributed by atoms with Crippen LogP contribution >= 0.6 is 11.6 Å². The highest BCUT2D eigenvalue weighted by Crippen LogP contribution is 2.18. The minimum Gasteiger partial charge on any atom is -0.320 e. The van der Waals surface area contributed by atoms with E-state index in [4.69, 9.17) is 17.3 Å². The zero-order valence-electron chi connectivity index (χ0n) is 5.94. The SMILES string of the molecule is CC(C)(C)C(N)C(=O)Cl. The van der Waals surface area contributed by atoms with E-state index in [0.29, 0.717) is 0 Å². The number of halogens is 1. The molecule has 0 spiro atoms. The molecule has 0 aromatic heterocycles. The second-order valence-corrected chi connectivity index (χ2v) is 3.52. The first kappa shape index (κ1) is 8.92. The van der Waals surface area contributed by atoms with Crippen molar-refractivity contribution in [2.24, 2.45) is 11.1 Å². The topological polar surface area (TPSA) is 43.1 Å². The van der Waals surface area contributed by atoms with Crippen LogP contribution in [0.3, 0.4) is 0 Å². The summed E-state index contributed by atoms with van der Waals surface area (Å²) in [7, 11) is 0. The molecule has 0 aromatic carbocycles. The molecule has 0 fully saturated rings. The number of nitrogens with two attached hydrogens (primary N) is 1. The molecule has 0 heterocycles. The molecule has 54 valence electrons. The standard InChI is InChI=1S/C6H12ClNO/c1-6(2,3)4(8)5(7)9/h4H,8H2,1-3H3. The first-order valence-electron chi connectivity index (χ1n) is 2.80. The van der Waals surface area contributed by atoms with Crippen LogP contribution in [-0.2, 0) is 4.79 Å². The third kappa shape index (κ3) is 2.82. The summed E-state index contributed by atoms with van der Waals surface area (Å²) < 4.78 is 0. The predicted molar refractivity (Wildman–Crippen MR) is 38.3 cm³/mol. The van der Waals surface area contributed by atoms with Gasteiger partial charge in [-0.25, -0.2) is 0 Å². The van der Waals surface area contributed by atoms with Gasteiger partial charge in [0.25, 0.3) is 0 Å². The predicted octanol–water partition coefficient (Wildman–Crippen LogP) is 1.13. The van der Waals surface area contributed by atoms with Crippen molar-refractivity contribution in [1.82, 2.24) is 0 Å². The van der Waals surface area contributed by atoms with Crippen LogP contribution in [0.1, 0.15) is 20.8 Å². The molecule has 3 heteroatoms. The van der Waals surface area contributed by atoms with Crippen LogP contribution in [0.2, 0.25) is 0 Å². The maximum absolute atomic E-state index is 10.4. The Morgan fingerprint density at radius 3 is 1.89 bits per heavy atom. The molecule has 0 saturated heterocycles. The molecule has 0 aromatic rings. The minimum atomic E-state index is -0.556. The number of rotatable bonds is 1. The molecule has 1 atom stereocenters. The molecule has 0 bridgehead atoms. The Morgan fingerprint density at radius 1 is 1.56 bits per heavy atom. The van der Waals surface area contributed by atoms with Crippen molar-refractivity contribution in [1.29, 1.82) is 0 Å². The van der Waals surface area contributed by atoms with Gasteiger partial charge in [0.1, 0.15) is 0 Å². The van der Waals surface area contributed by atoms with Crippen molar-refractivity contribution in [3.05, 3.63) is 0 Å². The fraction of sp³-hybridized carbons (Fsp3) is 0.833. The summed E-state index contributed by atoms with van der Waals surface area (Å²) in [5.41, 5.74) is 5.19. The third-order valence-corrected chi connectivity index (χ3v) is 1.41. The minimum absolute atomic E-state index is 0.223. The van der Waals surface area contributed by atoms with Crippen molar-refractivity contribution in [3.8, 4) is 0 Å². The average Bonchev–Trinajstić information content (AvgIpc) is 1.62. The molecule has 0 radical (unpaired) electrons. The maximum atomic E-state index is 10.4. The summed E-state index contributed by atoms with van der Waals surface area (Å²) in [4.78, 5) is 10.4. The van der Waals surface area contributed by atoms with Gasteiger partial charge in [0.2, 0.25) is 5.24 Å². The van der Waals surface area contributed by atoms with E-state index in [2.05, 4.69) is 0 Å². The van der Waals surface area contributed by atoms with Gasteiger partial charge in [-0.05, 0) is 17.0 Å². The molecule has 1 unspecified atom stereocenters. The Balaban J connectivity index is 4.04. The largest absolute Gasteiger partial charge is 0.320 e. The molecule has 2 nitrogen and oxygen atoms in total. The van der Waals surface area contributed by atoms with E-state index in [-0.39, 0.29) is 5.41 Å². The van der Waals surface area contributed by atoms with Gasteiger partial charge < -0.3 is 5.73 Å². The van der Waals surface area contributed by atoms with Gasteiger partial charge in [-0.2, -0.15) is 0 Å². The van der Waals surface area contributed by atoms with E-state index in [1.807, 2.05) is 20.8 Å². The molecule has 0 aliphatic rings. The third-order valence-electron chi connectivity index (χ3n) is 1.18. The molecule has 0 saturated carbocycles. The second-order valence-electron chi connectivity index (χ2n) is 3.15. The monoisotopic (exact) mass is 149 g/mol. The van der Waals surface area contributed by atoms with Crippen LogP contribution in [0.5, 0.6) is 0 Å². The lowest BCUT2D eigenvalue weighted by molar-refractivity contribution is -0.114. The summed E-state index contributed by atoms with van der Waals surface area (Å²) >= 11 is 5.15. The normalized spacial score (nSPS) is 15.2. The van der Waals surface area contributed by atoms with Gasteiger partial charge in [-0.1, -0.05) is 20.8 Å². The number of hydrogen-bond acceptors (Lipinski definition) is 2. The summed E-state index contributed by atoms with van der Waals surface area (Å²) in [6.45, 7) is 5.62. The van der Waals surface area contributed by atoms with Crippen LogP contribution in [0.4, 0.5) is 0 Å². The lowest BCUT2D eigenvalue weighted by Crippen LogP contribution is -2.39. The Hall–Kier alpha value is -0.0800. The van der Waals surface area contributed by atoms with Crippen LogP contribution < -0.4 is 5.73 Å². The molecular formula is C6H12ClNO. The molecule has 0 amide bonds. The van der Waals surface area contributed by atoms with Crippen molar-refractivity contribution in [2.75, 3.05) is 0 Å². The molecule has 0 rings (SSSR count). The van der Waals surface area contributed by atoms with Crippen LogP contribution in [0, 0.1) is 5.41 Å². The van der Waals surface area contributed by atoms with E-state index in [1.165, 1.54) is 0 Å². The van der Waals surface area contributed by atoms with Crippen LogP contribution in [0.25, 0.3) is 0 Å². The summed E-state index contributed by atoms with van der Waals surface area (Å²) in [6.07, 6.45) is 0. The highest BCUT2D eigenvalue weighted by atomic mass is 35.5. The zero-order chi connectivity index (χ0) is 7.65. The van der Waals surface area contributed by atoms with E-state index in [0.717, 1.165) is 0 Å². The van der Waals surface area contributed by atoms with Crippen molar-refractivity contribution >= 4 is 16.8 Å². The second kappa shape index (κ2) is 2.67. The van der Waals surface area contributed by atoms with E-state index >= 15 is 0 Å². The summed E-state index contributed by atoms with van der Waals surface area (Å²) in [5.74, 6) is 0. The van der Waals surface area contributed by atoms with Gasteiger partial charge in [0, 0.05) is 0 Å². The molecule has 2 N–H and O–H groups in total. The quantitative estimate of drug-likeness (QED) is 0.568. The lowest BCUT2D eigenvalue weighted by atomic mass is 9.88. The van der Waals surface area contributed by atoms with Crippen LogP contribution in [0.15, 0.2) is 0 Å². The fourth-order valence-corrected chi connectivity index (χ4v) is 0.668. The average molecular weight is 150 g/mol. The van der Waals surface area contributed by atoms with E-state index in [9.17, 15) is 4.79 Å². The Labute approximate surface area is 60.4 Å². The Morgan fingerprint density at radius 2 is 1.89 bits per heavy atom. The Bertz CT molecular complexity index is 117. The van der Waals surface area contributed by atoms with E-state index < -0.39 is 11.3 Å². The van der Waals surface area contributed by atoms with Gasteiger partial charge in [0.05, 0.1) is 6.04 Å². The number of carbonyl (C=O) groups is 1. The zero-order valence-corrected chi connectivity index (χ0v) is 6.70. The van der Waals surface area contributed by atoms with Crippen molar-refractivity contribution in [2.45, 2.75) is 26.8 Å². The lowest BCUT2D eigenvalue weighted by Gasteiger charge is -2.22. The van der Waals surface area contributed by atoms with Crippen LogP contribution in [-0.4, -0.2) is 11.3 Å². The Kier molecular flexibility index (Phi) is 2.65. The first-order valence-corrected chi connectivity index (χ1v) is 3.18. The van der Waals surface area contributed by atoms with Gasteiger partial charge in [-0.3, -0.25) is 4.79 Å². The number of hydrogen-bond donors (Lipinski definition) is 1. The van der Waals surface area contributed by atoms with E-state index in [1.54, 1.807) is 0 Å². The fourth-order valence-electron chi connectivity index (χ4n) is 0.340. The highest BCUT2D eigenvalue weighted by molar-refractivity contribution is 6.64. The first-order chi connectivity index (χ1) is 3.85. The molecule has 0 aliphatic heterocycles. The van der Waals surface area contributed by atoms with Gasteiger partial charge >= 0.3 is 0 Å². The molecule has 0 aliphatic carbocycles. The smallest absolute Gasteiger partial charge is 0.238 e. The maximum Gasteiger partial charge on any atom is 0.238 e.